The van der Waals surface area contributed by atoms with Gasteiger partial charge < -0.3 is 73.9 Å². The molecule has 5 amide bonds. The van der Waals surface area contributed by atoms with Gasteiger partial charge in [0.2, 0.25) is 17.7 Å². The fourth-order valence-corrected chi connectivity index (χ4v) is 4.79. The number of carbonyl (C=O) groups is 7. The molecule has 23 heteroatoms. The van der Waals surface area contributed by atoms with Crippen molar-refractivity contribution in [2.24, 2.45) is 17.2 Å². The van der Waals surface area contributed by atoms with E-state index < -0.39 is 84.0 Å². The summed E-state index contributed by atoms with van der Waals surface area (Å²) in [7, 11) is 0. The fourth-order valence-electron chi connectivity index (χ4n) is 4.79. The maximum absolute atomic E-state index is 13.6. The summed E-state index contributed by atoms with van der Waals surface area (Å²) in [5.74, 6) is -7.19. The summed E-state index contributed by atoms with van der Waals surface area (Å²) in [5.41, 5.74) is 21.3. The summed E-state index contributed by atoms with van der Waals surface area (Å²) in [6, 6.07) is -3.95. The minimum Gasteiger partial charge on any atom is -0.481 e. The lowest BCUT2D eigenvalue weighted by Gasteiger charge is -2.23. The van der Waals surface area contributed by atoms with E-state index in [4.69, 9.17) is 42.3 Å². The number of amides is 5. The first-order chi connectivity index (χ1) is 27.1. The number of aryl methyl sites for hydroxylation is 1. The van der Waals surface area contributed by atoms with Crippen LogP contribution in [0.25, 0.3) is 0 Å². The Hall–Kier alpha value is -5.65. The number of carboxylic acids is 2. The van der Waals surface area contributed by atoms with Gasteiger partial charge in [-0.25, -0.2) is 9.97 Å². The summed E-state index contributed by atoms with van der Waals surface area (Å²) in [6.45, 7) is 8.19. The zero-order valence-electron chi connectivity index (χ0n) is 32.1. The second-order valence-electron chi connectivity index (χ2n) is 12.5. The number of nitrogens with zero attached hydrogens (tertiary/aromatic N) is 2. The van der Waals surface area contributed by atoms with Gasteiger partial charge in [-0.3, -0.25) is 33.6 Å². The Morgan fingerprint density at radius 2 is 1.18 bits per heavy atom. The van der Waals surface area contributed by atoms with Crippen LogP contribution in [-0.4, -0.2) is 139 Å². The standard InChI is InChI=1S/C34H57N11O12/c1-20-27(33(53)42-22(30(38)50)7-9-25(46)47)45-29(37)28(41-20)34(54)44-23(6-3-12-39-21(2)36)32(52)43-24(8-10-26(48)49)31(51)40-13-5-15-56-17-19-57-18-16-55-14-4-11-35/h22-24,39H,2-19,35-36H2,1H3,(H2,37,45)(H2,38,50)(H,40,51)(H,42,53)(H,43,52)(H,44,54)(H,46,47)(H,48,49)/t22-,23-,24?/m0/s1. The number of nitrogens with one attached hydrogen (secondary N) is 5. The molecule has 1 rings (SSSR count). The van der Waals surface area contributed by atoms with Crippen LogP contribution >= 0.6 is 0 Å². The van der Waals surface area contributed by atoms with Gasteiger partial charge in [0.25, 0.3) is 11.8 Å². The molecule has 0 saturated heterocycles. The quantitative estimate of drug-likeness (QED) is 0.0322. The first kappa shape index (κ1) is 49.4. The number of carbonyl (C=O) groups excluding carboxylic acids is 5. The van der Waals surface area contributed by atoms with Crippen LogP contribution in [0, 0.1) is 6.92 Å². The summed E-state index contributed by atoms with van der Waals surface area (Å²) in [6.07, 6.45) is -0.0446. The average Bonchev–Trinajstić information content (AvgIpc) is 3.14. The van der Waals surface area contributed by atoms with E-state index in [0.29, 0.717) is 46.0 Å². The number of nitrogens with two attached hydrogens (primary N) is 4. The SMILES string of the molecule is C=C(N)NCCC[C@H](NC(=O)c1nc(C)c(C(=O)N[C@@H](CCC(=O)O)C(N)=O)nc1N)C(=O)NC(CCC(=O)O)C(=O)NCCCOCCOCCOCCCN. The molecule has 0 fully saturated rings. The van der Waals surface area contributed by atoms with Gasteiger partial charge in [-0.15, -0.1) is 0 Å². The zero-order valence-corrected chi connectivity index (χ0v) is 32.1. The van der Waals surface area contributed by atoms with E-state index in [1.165, 1.54) is 6.92 Å². The van der Waals surface area contributed by atoms with Crippen molar-refractivity contribution in [1.82, 2.24) is 36.6 Å². The Balaban J connectivity index is 2.97. The van der Waals surface area contributed by atoms with E-state index in [2.05, 4.69) is 43.1 Å². The molecule has 0 radical (unpaired) electrons. The molecule has 0 aliphatic rings. The summed E-state index contributed by atoms with van der Waals surface area (Å²) < 4.78 is 16.2. The normalized spacial score (nSPS) is 12.4. The summed E-state index contributed by atoms with van der Waals surface area (Å²) in [5, 5.41) is 30.9. The van der Waals surface area contributed by atoms with Crippen LogP contribution in [-0.2, 0) is 38.2 Å². The highest BCUT2D eigenvalue weighted by atomic mass is 16.5. The van der Waals surface area contributed by atoms with E-state index in [-0.39, 0.29) is 62.6 Å². The first-order valence-corrected chi connectivity index (χ1v) is 18.3. The molecule has 1 aromatic rings. The molecule has 1 heterocycles. The van der Waals surface area contributed by atoms with Crippen molar-refractivity contribution in [1.29, 1.82) is 0 Å². The molecule has 1 unspecified atom stereocenters. The monoisotopic (exact) mass is 811 g/mol. The van der Waals surface area contributed by atoms with Crippen molar-refractivity contribution in [2.45, 2.75) is 76.4 Å². The highest BCUT2D eigenvalue weighted by Crippen LogP contribution is 2.13. The van der Waals surface area contributed by atoms with Gasteiger partial charge in [0, 0.05) is 39.1 Å². The molecule has 0 aliphatic carbocycles. The molecule has 23 nitrogen and oxygen atoms in total. The molecule has 1 aromatic heterocycles. The van der Waals surface area contributed by atoms with Gasteiger partial charge in [0.05, 0.1) is 37.9 Å². The van der Waals surface area contributed by atoms with Crippen molar-refractivity contribution < 1.29 is 58.0 Å². The largest absolute Gasteiger partial charge is 0.481 e. The first-order valence-electron chi connectivity index (χ1n) is 18.3. The Labute approximate surface area is 329 Å². The van der Waals surface area contributed by atoms with E-state index >= 15 is 0 Å². The van der Waals surface area contributed by atoms with E-state index in [0.717, 1.165) is 6.42 Å². The number of rotatable bonds is 32. The molecule has 3 atom stereocenters. The Bertz CT molecular complexity index is 1510. The lowest BCUT2D eigenvalue weighted by molar-refractivity contribution is -0.138. The number of hydrogen-bond acceptors (Lipinski definition) is 16. The summed E-state index contributed by atoms with van der Waals surface area (Å²) in [4.78, 5) is 95.1. The molecule has 0 aliphatic heterocycles. The third-order valence-corrected chi connectivity index (χ3v) is 7.75. The minimum absolute atomic E-state index is 0.00879. The highest BCUT2D eigenvalue weighted by molar-refractivity contribution is 6.01. The summed E-state index contributed by atoms with van der Waals surface area (Å²) >= 11 is 0. The van der Waals surface area contributed by atoms with Gasteiger partial charge in [0.1, 0.15) is 18.1 Å². The van der Waals surface area contributed by atoms with Crippen molar-refractivity contribution in [3.8, 4) is 0 Å². The number of nitrogen functional groups attached to an aromatic ring is 1. The number of primary amides is 1. The predicted octanol–water partition coefficient (Wildman–Crippen LogP) is -3.03. The third kappa shape index (κ3) is 21.3. The third-order valence-electron chi connectivity index (χ3n) is 7.75. The van der Waals surface area contributed by atoms with E-state index in [1.54, 1.807) is 0 Å². The van der Waals surface area contributed by atoms with Gasteiger partial charge in [-0.1, -0.05) is 6.58 Å². The highest BCUT2D eigenvalue weighted by Gasteiger charge is 2.30. The van der Waals surface area contributed by atoms with Crippen molar-refractivity contribution in [3.05, 3.63) is 29.5 Å². The van der Waals surface area contributed by atoms with Crippen molar-refractivity contribution in [2.75, 3.05) is 65.0 Å². The van der Waals surface area contributed by atoms with Crippen LogP contribution < -0.4 is 49.5 Å². The second kappa shape index (κ2) is 27.9. The second-order valence-corrected chi connectivity index (χ2v) is 12.5. The number of carboxylic acid groups (broad SMARTS) is 2. The maximum atomic E-state index is 13.6. The van der Waals surface area contributed by atoms with Gasteiger partial charge in [-0.05, 0) is 52.0 Å². The van der Waals surface area contributed by atoms with Gasteiger partial charge in [0.15, 0.2) is 17.2 Å². The lowest BCUT2D eigenvalue weighted by Crippen LogP contribution is -2.54. The zero-order chi connectivity index (χ0) is 42.8. The Kier molecular flexibility index (Phi) is 24.1. The minimum atomic E-state index is -1.35. The molecular weight excluding hydrogens is 754 g/mol. The molecule has 320 valence electrons. The molecular formula is C34H57N11O12. The van der Waals surface area contributed by atoms with Crippen LogP contribution in [0.1, 0.15) is 78.0 Å². The van der Waals surface area contributed by atoms with Crippen LogP contribution in [0.5, 0.6) is 0 Å². The number of ether oxygens (including phenoxy) is 3. The lowest BCUT2D eigenvalue weighted by atomic mass is 10.1. The van der Waals surface area contributed by atoms with Crippen LogP contribution in [0.3, 0.4) is 0 Å². The average molecular weight is 812 g/mol. The number of hydrogen-bond donors (Lipinski definition) is 11. The molecule has 0 spiro atoms. The van der Waals surface area contributed by atoms with Crippen LogP contribution in [0.15, 0.2) is 12.4 Å². The molecule has 57 heavy (non-hydrogen) atoms. The molecule has 0 saturated carbocycles. The fraction of sp³-hybridized carbons (Fsp3) is 0.618. The van der Waals surface area contributed by atoms with Crippen LogP contribution in [0.2, 0.25) is 0 Å². The number of aliphatic carboxylic acids is 2. The maximum Gasteiger partial charge on any atom is 0.303 e. The van der Waals surface area contributed by atoms with E-state index in [1.807, 2.05) is 0 Å². The number of aromatic nitrogens is 2. The topological polar surface area (TPSA) is 378 Å². The van der Waals surface area contributed by atoms with E-state index in [9.17, 15) is 38.7 Å². The van der Waals surface area contributed by atoms with Crippen molar-refractivity contribution >= 4 is 47.3 Å². The van der Waals surface area contributed by atoms with Crippen LogP contribution in [0.4, 0.5) is 5.82 Å². The van der Waals surface area contributed by atoms with Gasteiger partial charge in [-0.2, -0.15) is 0 Å². The molecule has 0 aromatic carbocycles. The Morgan fingerprint density at radius 3 is 1.74 bits per heavy atom. The smallest absolute Gasteiger partial charge is 0.303 e. The predicted molar refractivity (Wildman–Crippen MR) is 203 cm³/mol. The molecule has 0 bridgehead atoms. The Morgan fingerprint density at radius 1 is 0.667 bits per heavy atom. The molecule has 15 N–H and O–H groups in total. The van der Waals surface area contributed by atoms with Gasteiger partial charge >= 0.3 is 11.9 Å². The number of anilines is 1. The van der Waals surface area contributed by atoms with Crippen molar-refractivity contribution in [3.63, 3.8) is 0 Å².